The molecule has 2 aromatic heterocycles. The SMILES string of the molecule is Cc1cscc1-c1noc(N)c1-c1ccc(F)cc1F. The molecule has 2 heterocycles. The van der Waals surface area contributed by atoms with Crippen LogP contribution in [0.5, 0.6) is 0 Å². The molecule has 102 valence electrons. The molecule has 0 amide bonds. The quantitative estimate of drug-likeness (QED) is 0.768. The molecule has 0 bridgehead atoms. The minimum absolute atomic E-state index is 0.0103. The topological polar surface area (TPSA) is 52.0 Å². The number of thiophene rings is 1. The number of aromatic nitrogens is 1. The van der Waals surface area contributed by atoms with Crippen molar-refractivity contribution in [3.8, 4) is 22.4 Å². The first-order chi connectivity index (χ1) is 9.58. The summed E-state index contributed by atoms with van der Waals surface area (Å²) in [6.07, 6.45) is 0. The molecule has 0 aliphatic rings. The van der Waals surface area contributed by atoms with E-state index < -0.39 is 11.6 Å². The third kappa shape index (κ3) is 1.98. The normalized spacial score (nSPS) is 10.9. The van der Waals surface area contributed by atoms with E-state index in [0.717, 1.165) is 17.2 Å². The van der Waals surface area contributed by atoms with E-state index >= 15 is 0 Å². The summed E-state index contributed by atoms with van der Waals surface area (Å²) in [5.74, 6) is -1.33. The number of benzene rings is 1. The van der Waals surface area contributed by atoms with Crippen LogP contribution in [0.1, 0.15) is 5.56 Å². The van der Waals surface area contributed by atoms with Gasteiger partial charge in [-0.1, -0.05) is 5.16 Å². The Labute approximate surface area is 117 Å². The van der Waals surface area contributed by atoms with Gasteiger partial charge in [0.2, 0.25) is 5.88 Å². The molecule has 0 saturated heterocycles. The van der Waals surface area contributed by atoms with Crippen molar-refractivity contribution in [2.75, 3.05) is 5.73 Å². The molecule has 0 unspecified atom stereocenters. The van der Waals surface area contributed by atoms with Crippen molar-refractivity contribution in [2.24, 2.45) is 0 Å². The molecule has 2 N–H and O–H groups in total. The molecular weight excluding hydrogens is 282 g/mol. The van der Waals surface area contributed by atoms with E-state index in [1.54, 1.807) is 0 Å². The van der Waals surface area contributed by atoms with Crippen molar-refractivity contribution in [3.63, 3.8) is 0 Å². The summed E-state index contributed by atoms with van der Waals surface area (Å²) in [5, 5.41) is 7.74. The van der Waals surface area contributed by atoms with E-state index in [9.17, 15) is 8.78 Å². The lowest BCUT2D eigenvalue weighted by Gasteiger charge is -2.04. The molecule has 0 atom stereocenters. The number of hydrogen-bond acceptors (Lipinski definition) is 4. The van der Waals surface area contributed by atoms with Crippen molar-refractivity contribution >= 4 is 17.2 Å². The van der Waals surface area contributed by atoms with Crippen LogP contribution in [0.15, 0.2) is 33.5 Å². The predicted octanol–water partition coefficient (Wildman–Crippen LogP) is 4.24. The molecule has 6 heteroatoms. The first-order valence-corrected chi connectivity index (χ1v) is 6.76. The van der Waals surface area contributed by atoms with Crippen molar-refractivity contribution in [3.05, 3.63) is 46.2 Å². The maximum atomic E-state index is 14.0. The van der Waals surface area contributed by atoms with Gasteiger partial charge in [-0.15, -0.1) is 0 Å². The van der Waals surface area contributed by atoms with Crippen molar-refractivity contribution in [2.45, 2.75) is 6.92 Å². The number of rotatable bonds is 2. The van der Waals surface area contributed by atoms with E-state index in [0.29, 0.717) is 11.3 Å². The maximum Gasteiger partial charge on any atom is 0.230 e. The van der Waals surface area contributed by atoms with E-state index in [4.69, 9.17) is 10.3 Å². The second kappa shape index (κ2) is 4.72. The number of aryl methyl sites for hydroxylation is 1. The first kappa shape index (κ1) is 12.8. The molecule has 0 spiro atoms. The summed E-state index contributed by atoms with van der Waals surface area (Å²) >= 11 is 1.50. The average Bonchev–Trinajstić information content (AvgIpc) is 2.96. The molecule has 3 nitrogen and oxygen atoms in total. The first-order valence-electron chi connectivity index (χ1n) is 5.81. The molecule has 3 aromatic rings. The minimum Gasteiger partial charge on any atom is -0.367 e. The monoisotopic (exact) mass is 292 g/mol. The van der Waals surface area contributed by atoms with Gasteiger partial charge in [0, 0.05) is 22.6 Å². The lowest BCUT2D eigenvalue weighted by molar-refractivity contribution is 0.439. The van der Waals surface area contributed by atoms with Gasteiger partial charge in [-0.2, -0.15) is 11.3 Å². The second-order valence-electron chi connectivity index (χ2n) is 4.36. The summed E-state index contributed by atoms with van der Waals surface area (Å²) in [6.45, 7) is 1.92. The van der Waals surface area contributed by atoms with Crippen molar-refractivity contribution < 1.29 is 13.3 Å². The fourth-order valence-corrected chi connectivity index (χ4v) is 2.88. The molecule has 0 aliphatic carbocycles. The van der Waals surface area contributed by atoms with Crippen LogP contribution in [0.4, 0.5) is 14.7 Å². The molecule has 0 aliphatic heterocycles. The Morgan fingerprint density at radius 3 is 2.65 bits per heavy atom. The third-order valence-corrected chi connectivity index (χ3v) is 3.89. The number of nitrogens with two attached hydrogens (primary N) is 1. The van der Waals surface area contributed by atoms with E-state index in [1.807, 2.05) is 17.7 Å². The molecule has 0 fully saturated rings. The van der Waals surface area contributed by atoms with Crippen molar-refractivity contribution in [1.29, 1.82) is 0 Å². The summed E-state index contributed by atoms with van der Waals surface area (Å²) in [5.41, 5.74) is 8.56. The van der Waals surface area contributed by atoms with E-state index in [1.165, 1.54) is 23.5 Å². The van der Waals surface area contributed by atoms with Crippen LogP contribution in [0, 0.1) is 18.6 Å². The largest absolute Gasteiger partial charge is 0.367 e. The lowest BCUT2D eigenvalue weighted by atomic mass is 10.0. The summed E-state index contributed by atoms with van der Waals surface area (Å²) < 4.78 is 32.0. The molecular formula is C14H10F2N2OS. The van der Waals surface area contributed by atoms with Gasteiger partial charge < -0.3 is 10.3 Å². The van der Waals surface area contributed by atoms with Gasteiger partial charge in [0.25, 0.3) is 0 Å². The number of nitrogen functional groups attached to an aromatic ring is 1. The zero-order chi connectivity index (χ0) is 14.3. The Kier molecular flexibility index (Phi) is 3.02. The summed E-state index contributed by atoms with van der Waals surface area (Å²) in [6, 6.07) is 3.32. The summed E-state index contributed by atoms with van der Waals surface area (Å²) in [7, 11) is 0. The highest BCUT2D eigenvalue weighted by Crippen LogP contribution is 2.39. The Morgan fingerprint density at radius 1 is 1.20 bits per heavy atom. The van der Waals surface area contributed by atoms with Gasteiger partial charge in [0.05, 0.1) is 5.56 Å². The van der Waals surface area contributed by atoms with E-state index in [-0.39, 0.29) is 11.4 Å². The Hall–Kier alpha value is -2.21. The van der Waals surface area contributed by atoms with Gasteiger partial charge in [-0.25, -0.2) is 8.78 Å². The highest BCUT2D eigenvalue weighted by molar-refractivity contribution is 7.08. The van der Waals surface area contributed by atoms with Crippen molar-refractivity contribution in [1.82, 2.24) is 5.16 Å². The smallest absolute Gasteiger partial charge is 0.230 e. The molecule has 3 rings (SSSR count). The third-order valence-electron chi connectivity index (χ3n) is 3.03. The van der Waals surface area contributed by atoms with Crippen LogP contribution < -0.4 is 5.73 Å². The van der Waals surface area contributed by atoms with Gasteiger partial charge in [0.1, 0.15) is 17.3 Å². The number of halogens is 2. The Balaban J connectivity index is 2.24. The fourth-order valence-electron chi connectivity index (χ4n) is 2.04. The van der Waals surface area contributed by atoms with E-state index in [2.05, 4.69) is 5.16 Å². The van der Waals surface area contributed by atoms with Crippen LogP contribution >= 0.6 is 11.3 Å². The zero-order valence-electron chi connectivity index (χ0n) is 10.5. The van der Waals surface area contributed by atoms with Gasteiger partial charge >= 0.3 is 0 Å². The number of anilines is 1. The lowest BCUT2D eigenvalue weighted by Crippen LogP contribution is -1.92. The second-order valence-corrected chi connectivity index (χ2v) is 5.11. The fraction of sp³-hybridized carbons (Fsp3) is 0.0714. The molecule has 1 aromatic carbocycles. The highest BCUT2D eigenvalue weighted by atomic mass is 32.1. The number of nitrogens with zero attached hydrogens (tertiary/aromatic N) is 1. The average molecular weight is 292 g/mol. The van der Waals surface area contributed by atoms with Gasteiger partial charge in [0.15, 0.2) is 0 Å². The van der Waals surface area contributed by atoms with Crippen LogP contribution in [0.25, 0.3) is 22.4 Å². The molecule has 20 heavy (non-hydrogen) atoms. The van der Waals surface area contributed by atoms with Gasteiger partial charge in [-0.3, -0.25) is 0 Å². The molecule has 0 radical (unpaired) electrons. The highest BCUT2D eigenvalue weighted by Gasteiger charge is 2.21. The van der Waals surface area contributed by atoms with Gasteiger partial charge in [-0.05, 0) is 30.0 Å². The summed E-state index contributed by atoms with van der Waals surface area (Å²) in [4.78, 5) is 0. The zero-order valence-corrected chi connectivity index (χ0v) is 11.3. The van der Waals surface area contributed by atoms with Crippen LogP contribution in [-0.2, 0) is 0 Å². The predicted molar refractivity (Wildman–Crippen MR) is 74.3 cm³/mol. The van der Waals surface area contributed by atoms with Crippen LogP contribution in [-0.4, -0.2) is 5.16 Å². The van der Waals surface area contributed by atoms with Crippen LogP contribution in [0.3, 0.4) is 0 Å². The molecule has 0 saturated carbocycles. The maximum absolute atomic E-state index is 14.0. The Bertz CT molecular complexity index is 779. The standard InChI is InChI=1S/C14H10F2N2OS/c1-7-5-20-6-10(7)13-12(14(17)19-18-13)9-3-2-8(15)4-11(9)16/h2-6H,17H2,1H3. The van der Waals surface area contributed by atoms with Crippen LogP contribution in [0.2, 0.25) is 0 Å². The Morgan fingerprint density at radius 2 is 2.00 bits per heavy atom. The minimum atomic E-state index is -0.700. The number of hydrogen-bond donors (Lipinski definition) is 1.